The van der Waals surface area contributed by atoms with Crippen LogP contribution in [0.3, 0.4) is 0 Å². The van der Waals surface area contributed by atoms with Crippen LogP contribution < -0.4 is 14.8 Å². The number of para-hydroxylation sites is 1. The second-order valence-electron chi connectivity index (χ2n) is 8.61. The minimum absolute atomic E-state index is 0.0402. The van der Waals surface area contributed by atoms with E-state index in [0.717, 1.165) is 30.0 Å². The number of piperidine rings is 1. The highest BCUT2D eigenvalue weighted by molar-refractivity contribution is 5.79. The second kappa shape index (κ2) is 12.0. The van der Waals surface area contributed by atoms with Crippen LogP contribution in [-0.2, 0) is 11.3 Å². The normalized spacial score (nSPS) is 18.2. The Bertz CT molecular complexity index is 1020. The maximum Gasteiger partial charge on any atom is 0.224 e. The molecular formula is C27H31N3O4. The lowest BCUT2D eigenvalue weighted by Crippen LogP contribution is -2.47. The zero-order valence-electron chi connectivity index (χ0n) is 19.2. The summed E-state index contributed by atoms with van der Waals surface area (Å²) in [5.74, 6) is 1.89. The first-order valence-corrected chi connectivity index (χ1v) is 11.6. The average molecular weight is 462 g/mol. The SMILES string of the molecule is O=C(NCCOc1ccccc1)[C@@H]1C[C@H](COc2cccnc2)CN(Cc2ccc(O)cc2)C1. The summed E-state index contributed by atoms with van der Waals surface area (Å²) in [6.45, 7) is 3.63. The van der Waals surface area contributed by atoms with Crippen LogP contribution in [-0.4, -0.2) is 53.7 Å². The van der Waals surface area contributed by atoms with Crippen LogP contribution >= 0.6 is 0 Å². The van der Waals surface area contributed by atoms with Crippen LogP contribution in [0, 0.1) is 11.8 Å². The second-order valence-corrected chi connectivity index (χ2v) is 8.61. The quantitative estimate of drug-likeness (QED) is 0.450. The summed E-state index contributed by atoms with van der Waals surface area (Å²) in [5.41, 5.74) is 1.10. The molecule has 2 atom stereocenters. The number of carbonyl (C=O) groups excluding carboxylic acids is 1. The van der Waals surface area contributed by atoms with E-state index in [-0.39, 0.29) is 23.5 Å². The number of phenolic OH excluding ortho intramolecular Hbond substituents is 1. The summed E-state index contributed by atoms with van der Waals surface area (Å²) in [6.07, 6.45) is 4.18. The predicted molar refractivity (Wildman–Crippen MR) is 130 cm³/mol. The Morgan fingerprint density at radius 3 is 2.56 bits per heavy atom. The Balaban J connectivity index is 1.33. The zero-order chi connectivity index (χ0) is 23.6. The molecule has 0 unspecified atom stereocenters. The Hall–Kier alpha value is -3.58. The van der Waals surface area contributed by atoms with Gasteiger partial charge in [-0.2, -0.15) is 0 Å². The van der Waals surface area contributed by atoms with E-state index in [4.69, 9.17) is 9.47 Å². The van der Waals surface area contributed by atoms with Crippen molar-refractivity contribution in [1.29, 1.82) is 0 Å². The van der Waals surface area contributed by atoms with Gasteiger partial charge in [0, 0.05) is 31.7 Å². The van der Waals surface area contributed by atoms with Gasteiger partial charge in [0.05, 0.1) is 25.3 Å². The summed E-state index contributed by atoms with van der Waals surface area (Å²) in [6, 6.07) is 20.5. The van der Waals surface area contributed by atoms with Gasteiger partial charge in [0.15, 0.2) is 0 Å². The first-order valence-electron chi connectivity index (χ1n) is 11.6. The Morgan fingerprint density at radius 2 is 1.79 bits per heavy atom. The standard InChI is InChI=1S/C27H31N3O4/c31-24-10-8-21(9-11-24)17-30-18-22(20-34-26-7-4-12-28-16-26)15-23(19-30)27(32)29-13-14-33-25-5-2-1-3-6-25/h1-12,16,22-23,31H,13-15,17-20H2,(H,29,32)/t22-,23+/m0/s1. The van der Waals surface area contributed by atoms with Gasteiger partial charge in [-0.3, -0.25) is 14.7 Å². The highest BCUT2D eigenvalue weighted by atomic mass is 16.5. The molecule has 7 heteroatoms. The van der Waals surface area contributed by atoms with Gasteiger partial charge < -0.3 is 19.9 Å². The largest absolute Gasteiger partial charge is 0.508 e. The van der Waals surface area contributed by atoms with Gasteiger partial charge in [-0.15, -0.1) is 0 Å². The molecule has 2 N–H and O–H groups in total. The number of ether oxygens (including phenoxy) is 2. The molecule has 3 aromatic rings. The summed E-state index contributed by atoms with van der Waals surface area (Å²) >= 11 is 0. The van der Waals surface area contributed by atoms with Gasteiger partial charge in [-0.05, 0) is 48.4 Å². The van der Waals surface area contributed by atoms with Gasteiger partial charge >= 0.3 is 0 Å². The first kappa shape index (κ1) is 23.6. The van der Waals surface area contributed by atoms with E-state index >= 15 is 0 Å². The van der Waals surface area contributed by atoms with E-state index in [0.29, 0.717) is 32.8 Å². The lowest BCUT2D eigenvalue weighted by atomic mass is 9.88. The number of benzene rings is 2. The number of amides is 1. The maximum atomic E-state index is 13.0. The highest BCUT2D eigenvalue weighted by Crippen LogP contribution is 2.25. The molecule has 2 heterocycles. The monoisotopic (exact) mass is 461 g/mol. The molecule has 0 radical (unpaired) electrons. The Kier molecular flexibility index (Phi) is 8.35. The molecule has 0 spiro atoms. The minimum Gasteiger partial charge on any atom is -0.508 e. The van der Waals surface area contributed by atoms with Crippen molar-refractivity contribution in [3.8, 4) is 17.2 Å². The maximum absolute atomic E-state index is 13.0. The number of aromatic nitrogens is 1. The molecule has 0 saturated carbocycles. The molecule has 1 aliphatic heterocycles. The highest BCUT2D eigenvalue weighted by Gasteiger charge is 2.32. The molecule has 1 saturated heterocycles. The molecule has 7 nitrogen and oxygen atoms in total. The molecule has 34 heavy (non-hydrogen) atoms. The third-order valence-electron chi connectivity index (χ3n) is 5.86. The fraction of sp³-hybridized carbons (Fsp3) is 0.333. The molecule has 4 rings (SSSR count). The Morgan fingerprint density at radius 1 is 1.00 bits per heavy atom. The molecule has 1 amide bonds. The zero-order valence-corrected chi connectivity index (χ0v) is 19.2. The molecule has 0 aliphatic carbocycles. The van der Waals surface area contributed by atoms with Gasteiger partial charge in [-0.25, -0.2) is 0 Å². The number of nitrogens with one attached hydrogen (secondary N) is 1. The van der Waals surface area contributed by atoms with E-state index in [1.807, 2.05) is 54.6 Å². The van der Waals surface area contributed by atoms with E-state index < -0.39 is 0 Å². The van der Waals surface area contributed by atoms with Crippen molar-refractivity contribution in [3.63, 3.8) is 0 Å². The number of aromatic hydroxyl groups is 1. The number of rotatable bonds is 10. The van der Waals surface area contributed by atoms with Crippen molar-refractivity contribution in [2.24, 2.45) is 11.8 Å². The summed E-state index contributed by atoms with van der Waals surface area (Å²) < 4.78 is 11.7. The number of hydrogen-bond donors (Lipinski definition) is 2. The lowest BCUT2D eigenvalue weighted by molar-refractivity contribution is -0.127. The fourth-order valence-electron chi connectivity index (χ4n) is 4.25. The Labute approximate surface area is 200 Å². The first-order chi connectivity index (χ1) is 16.7. The molecule has 1 aromatic heterocycles. The minimum atomic E-state index is -0.134. The summed E-state index contributed by atoms with van der Waals surface area (Å²) in [5, 5.41) is 12.6. The van der Waals surface area contributed by atoms with E-state index in [9.17, 15) is 9.90 Å². The van der Waals surface area contributed by atoms with Gasteiger partial charge in [-0.1, -0.05) is 30.3 Å². The van der Waals surface area contributed by atoms with Gasteiger partial charge in [0.25, 0.3) is 0 Å². The molecule has 0 bridgehead atoms. The van der Waals surface area contributed by atoms with Crippen LogP contribution in [0.4, 0.5) is 0 Å². The number of phenols is 1. The molecule has 178 valence electrons. The van der Waals surface area contributed by atoms with Crippen LogP contribution in [0.5, 0.6) is 17.2 Å². The van der Waals surface area contributed by atoms with Crippen molar-refractivity contribution in [1.82, 2.24) is 15.2 Å². The summed E-state index contributed by atoms with van der Waals surface area (Å²) in [7, 11) is 0. The third-order valence-corrected chi connectivity index (χ3v) is 5.86. The van der Waals surface area contributed by atoms with Crippen molar-refractivity contribution >= 4 is 5.91 Å². The number of pyridine rings is 1. The smallest absolute Gasteiger partial charge is 0.224 e. The van der Waals surface area contributed by atoms with Crippen molar-refractivity contribution in [3.05, 3.63) is 84.7 Å². The number of likely N-dealkylation sites (tertiary alicyclic amines) is 1. The van der Waals surface area contributed by atoms with E-state index in [1.165, 1.54) is 0 Å². The molecule has 1 fully saturated rings. The predicted octanol–water partition coefficient (Wildman–Crippen LogP) is 3.50. The van der Waals surface area contributed by atoms with Crippen LogP contribution in [0.25, 0.3) is 0 Å². The van der Waals surface area contributed by atoms with Crippen molar-refractivity contribution in [2.75, 3.05) is 32.8 Å². The number of carbonyl (C=O) groups is 1. The molecular weight excluding hydrogens is 430 g/mol. The van der Waals surface area contributed by atoms with Crippen LogP contribution in [0.2, 0.25) is 0 Å². The topological polar surface area (TPSA) is 83.9 Å². The molecule has 2 aromatic carbocycles. The van der Waals surface area contributed by atoms with E-state index in [1.54, 1.807) is 24.5 Å². The fourth-order valence-corrected chi connectivity index (χ4v) is 4.25. The van der Waals surface area contributed by atoms with Crippen molar-refractivity contribution in [2.45, 2.75) is 13.0 Å². The average Bonchev–Trinajstić information content (AvgIpc) is 2.88. The lowest BCUT2D eigenvalue weighted by Gasteiger charge is -2.37. The van der Waals surface area contributed by atoms with E-state index in [2.05, 4.69) is 15.2 Å². The third kappa shape index (κ3) is 7.22. The molecule has 1 aliphatic rings. The van der Waals surface area contributed by atoms with Crippen LogP contribution in [0.1, 0.15) is 12.0 Å². The number of hydrogen-bond acceptors (Lipinski definition) is 6. The number of nitrogens with zero attached hydrogens (tertiary/aromatic N) is 2. The van der Waals surface area contributed by atoms with Crippen molar-refractivity contribution < 1.29 is 19.4 Å². The van der Waals surface area contributed by atoms with Crippen LogP contribution in [0.15, 0.2) is 79.1 Å². The summed E-state index contributed by atoms with van der Waals surface area (Å²) in [4.78, 5) is 19.4. The van der Waals surface area contributed by atoms with Gasteiger partial charge in [0.1, 0.15) is 23.9 Å². The van der Waals surface area contributed by atoms with Gasteiger partial charge in [0.2, 0.25) is 5.91 Å².